The third-order valence-electron chi connectivity index (χ3n) is 7.40. The van der Waals surface area contributed by atoms with E-state index in [0.717, 1.165) is 29.3 Å². The average molecular weight is 522 g/mol. The van der Waals surface area contributed by atoms with Gasteiger partial charge >= 0.3 is 11.8 Å². The summed E-state index contributed by atoms with van der Waals surface area (Å²) in [6.07, 6.45) is 2.40. The molecule has 10 heteroatoms. The summed E-state index contributed by atoms with van der Waals surface area (Å²) in [5.41, 5.74) is -0.152. The highest BCUT2D eigenvalue weighted by Crippen LogP contribution is 2.30. The number of carbonyl (C=O) groups excluding carboxylic acids is 2. The van der Waals surface area contributed by atoms with Crippen molar-refractivity contribution in [3.63, 3.8) is 0 Å². The van der Waals surface area contributed by atoms with Crippen LogP contribution < -0.4 is 16.3 Å². The second-order valence-corrected chi connectivity index (χ2v) is 10.4. The maximum Gasteiger partial charge on any atom is 0.405 e. The van der Waals surface area contributed by atoms with Gasteiger partial charge in [0.1, 0.15) is 5.54 Å². The monoisotopic (exact) mass is 521 g/mol. The van der Waals surface area contributed by atoms with Crippen molar-refractivity contribution >= 4 is 29.3 Å². The maximum absolute atomic E-state index is 13.2. The van der Waals surface area contributed by atoms with Crippen molar-refractivity contribution in [3.8, 4) is 0 Å². The van der Waals surface area contributed by atoms with Crippen LogP contribution in [0.1, 0.15) is 51.1 Å². The summed E-state index contributed by atoms with van der Waals surface area (Å²) in [6, 6.07) is 17.4. The molecule has 2 aromatic carbocycles. The largest absolute Gasteiger partial charge is 0.465 e. The SMILES string of the molecule is CC(C)(NC(=O)O)C(=O)NC(C=O)(CCCc1ccccc1)N1CCC(n2c(=O)[nH]c3ccccc32)CC1. The van der Waals surface area contributed by atoms with E-state index >= 15 is 0 Å². The normalized spacial score (nSPS) is 16.6. The number of fused-ring (bicyclic) bond motifs is 1. The van der Waals surface area contributed by atoms with Crippen molar-refractivity contribution in [2.75, 3.05) is 13.1 Å². The summed E-state index contributed by atoms with van der Waals surface area (Å²) in [5.74, 6) is -0.582. The Bertz CT molecular complexity index is 1340. The van der Waals surface area contributed by atoms with Crippen LogP contribution in [-0.4, -0.2) is 62.1 Å². The molecule has 1 saturated heterocycles. The first-order valence-electron chi connectivity index (χ1n) is 12.9. The second kappa shape index (κ2) is 11.2. The zero-order valence-electron chi connectivity index (χ0n) is 21.8. The van der Waals surface area contributed by atoms with E-state index in [2.05, 4.69) is 15.6 Å². The number of imidazole rings is 1. The van der Waals surface area contributed by atoms with Gasteiger partial charge in [0.25, 0.3) is 0 Å². The number of hydrogen-bond acceptors (Lipinski definition) is 5. The highest BCUT2D eigenvalue weighted by molar-refractivity contribution is 5.91. The molecule has 1 aliphatic heterocycles. The number of amides is 2. The number of benzene rings is 2. The smallest absolute Gasteiger partial charge is 0.405 e. The Labute approximate surface area is 221 Å². The van der Waals surface area contributed by atoms with Crippen molar-refractivity contribution in [2.45, 2.75) is 63.2 Å². The van der Waals surface area contributed by atoms with Crippen molar-refractivity contribution in [2.24, 2.45) is 0 Å². The predicted molar refractivity (Wildman–Crippen MR) is 144 cm³/mol. The van der Waals surface area contributed by atoms with Gasteiger partial charge in [-0.3, -0.25) is 19.1 Å². The van der Waals surface area contributed by atoms with Gasteiger partial charge < -0.3 is 20.7 Å². The molecule has 4 N–H and O–H groups in total. The van der Waals surface area contributed by atoms with Gasteiger partial charge in [0, 0.05) is 19.1 Å². The van der Waals surface area contributed by atoms with E-state index in [4.69, 9.17) is 0 Å². The Kier molecular flexibility index (Phi) is 8.01. The first-order valence-corrected chi connectivity index (χ1v) is 12.9. The van der Waals surface area contributed by atoms with E-state index in [-0.39, 0.29) is 11.7 Å². The van der Waals surface area contributed by atoms with Crippen molar-refractivity contribution in [3.05, 3.63) is 70.6 Å². The number of H-pyrrole nitrogens is 1. The summed E-state index contributed by atoms with van der Waals surface area (Å²) < 4.78 is 1.78. The number of aromatic amines is 1. The molecule has 38 heavy (non-hydrogen) atoms. The molecule has 0 aliphatic carbocycles. The minimum atomic E-state index is -1.44. The van der Waals surface area contributed by atoms with Crippen LogP contribution in [0.25, 0.3) is 11.0 Å². The number of aryl methyl sites for hydroxylation is 1. The number of likely N-dealkylation sites (tertiary alicyclic amines) is 1. The molecule has 202 valence electrons. The molecule has 2 amide bonds. The number of carboxylic acid groups (broad SMARTS) is 1. The van der Waals surface area contributed by atoms with Crippen LogP contribution in [-0.2, 0) is 16.0 Å². The first-order chi connectivity index (χ1) is 18.1. The molecule has 0 saturated carbocycles. The molecule has 1 unspecified atom stereocenters. The predicted octanol–water partition coefficient (Wildman–Crippen LogP) is 3.05. The van der Waals surface area contributed by atoms with Crippen LogP contribution in [0.4, 0.5) is 4.79 Å². The number of piperidine rings is 1. The summed E-state index contributed by atoms with van der Waals surface area (Å²) >= 11 is 0. The van der Waals surface area contributed by atoms with Gasteiger partial charge in [0.05, 0.1) is 11.0 Å². The molecular weight excluding hydrogens is 486 g/mol. The molecule has 1 aromatic heterocycles. The molecule has 1 atom stereocenters. The van der Waals surface area contributed by atoms with Gasteiger partial charge in [-0.15, -0.1) is 0 Å². The Morgan fingerprint density at radius 1 is 1.05 bits per heavy atom. The van der Waals surface area contributed by atoms with Crippen molar-refractivity contribution < 1.29 is 19.5 Å². The van der Waals surface area contributed by atoms with Crippen molar-refractivity contribution in [1.29, 1.82) is 0 Å². The van der Waals surface area contributed by atoms with Gasteiger partial charge in [-0.2, -0.15) is 0 Å². The zero-order valence-corrected chi connectivity index (χ0v) is 21.8. The van der Waals surface area contributed by atoms with Crippen LogP contribution in [0.2, 0.25) is 0 Å². The minimum absolute atomic E-state index is 0.0515. The molecule has 4 rings (SSSR count). The molecule has 2 heterocycles. The van der Waals surface area contributed by atoms with Gasteiger partial charge in [-0.25, -0.2) is 9.59 Å². The van der Waals surface area contributed by atoms with Crippen LogP contribution in [0, 0.1) is 0 Å². The van der Waals surface area contributed by atoms with E-state index in [1.165, 1.54) is 13.8 Å². The fourth-order valence-electron chi connectivity index (χ4n) is 5.31. The van der Waals surface area contributed by atoms with Crippen LogP contribution in [0.5, 0.6) is 0 Å². The van der Waals surface area contributed by atoms with Gasteiger partial charge in [0.2, 0.25) is 5.91 Å². The Morgan fingerprint density at radius 2 is 1.71 bits per heavy atom. The number of hydrogen-bond donors (Lipinski definition) is 4. The first kappa shape index (κ1) is 27.1. The van der Waals surface area contributed by atoms with Crippen LogP contribution >= 0.6 is 0 Å². The molecular formula is C28H35N5O5. The summed E-state index contributed by atoms with van der Waals surface area (Å²) in [4.78, 5) is 54.8. The average Bonchev–Trinajstić information content (AvgIpc) is 3.23. The number of nitrogens with one attached hydrogen (secondary N) is 3. The van der Waals surface area contributed by atoms with E-state index in [1.54, 1.807) is 4.57 Å². The summed E-state index contributed by atoms with van der Waals surface area (Å²) in [7, 11) is 0. The van der Waals surface area contributed by atoms with Crippen LogP contribution in [0.15, 0.2) is 59.4 Å². The lowest BCUT2D eigenvalue weighted by atomic mass is 9.93. The lowest BCUT2D eigenvalue weighted by molar-refractivity contribution is -0.138. The molecule has 0 spiro atoms. The number of carbonyl (C=O) groups is 3. The molecule has 1 fully saturated rings. The Balaban J connectivity index is 1.54. The number of nitrogens with zero attached hydrogens (tertiary/aromatic N) is 2. The topological polar surface area (TPSA) is 137 Å². The number of aromatic nitrogens is 2. The van der Waals surface area contributed by atoms with E-state index in [1.807, 2.05) is 59.5 Å². The molecule has 0 radical (unpaired) electrons. The Hall–Kier alpha value is -3.92. The standard InChI is InChI=1S/C28H35N5O5/c1-27(2,31-26(37)38)24(35)30-28(19-34,16-8-11-20-9-4-3-5-10-20)32-17-14-21(15-18-32)33-23-13-7-6-12-22(23)29-25(33)36/h3-7,9-10,12-13,19,21,31H,8,11,14-18H2,1-2H3,(H,29,36)(H,30,35)(H,37,38). The number of rotatable bonds is 10. The highest BCUT2D eigenvalue weighted by atomic mass is 16.4. The molecule has 3 aromatic rings. The van der Waals surface area contributed by atoms with E-state index in [9.17, 15) is 24.3 Å². The second-order valence-electron chi connectivity index (χ2n) is 10.4. The zero-order chi connectivity index (χ0) is 27.3. The van der Waals surface area contributed by atoms with Crippen molar-refractivity contribution in [1.82, 2.24) is 25.1 Å². The lowest BCUT2D eigenvalue weighted by Gasteiger charge is -2.45. The minimum Gasteiger partial charge on any atom is -0.465 e. The van der Waals surface area contributed by atoms with E-state index in [0.29, 0.717) is 38.8 Å². The molecule has 1 aliphatic rings. The highest BCUT2D eigenvalue weighted by Gasteiger charge is 2.43. The number of para-hydroxylation sites is 2. The van der Waals surface area contributed by atoms with Gasteiger partial charge in [-0.1, -0.05) is 42.5 Å². The van der Waals surface area contributed by atoms with Crippen LogP contribution in [0.3, 0.4) is 0 Å². The maximum atomic E-state index is 13.2. The van der Waals surface area contributed by atoms with Gasteiger partial charge in [0.15, 0.2) is 11.9 Å². The third kappa shape index (κ3) is 5.80. The van der Waals surface area contributed by atoms with Gasteiger partial charge in [-0.05, 0) is 63.6 Å². The Morgan fingerprint density at radius 3 is 2.37 bits per heavy atom. The fraction of sp³-hybridized carbons (Fsp3) is 0.429. The lowest BCUT2D eigenvalue weighted by Crippen LogP contribution is -2.68. The number of aldehydes is 1. The summed E-state index contributed by atoms with van der Waals surface area (Å²) in [5, 5.41) is 14.3. The summed E-state index contributed by atoms with van der Waals surface area (Å²) in [6.45, 7) is 3.89. The molecule has 0 bridgehead atoms. The quantitative estimate of drug-likeness (QED) is 0.303. The van der Waals surface area contributed by atoms with E-state index < -0.39 is 23.2 Å². The fourth-order valence-corrected chi connectivity index (χ4v) is 5.31. The molecule has 10 nitrogen and oxygen atoms in total. The third-order valence-corrected chi connectivity index (χ3v) is 7.40.